The van der Waals surface area contributed by atoms with E-state index >= 15 is 0 Å². The summed E-state index contributed by atoms with van der Waals surface area (Å²) in [5.74, 6) is -0.799. The fourth-order valence-electron chi connectivity index (χ4n) is 2.96. The number of ether oxygens (including phenoxy) is 1. The molecule has 1 amide bonds. The van der Waals surface area contributed by atoms with Crippen LogP contribution in [0.25, 0.3) is 0 Å². The monoisotopic (exact) mass is 418 g/mol. The van der Waals surface area contributed by atoms with E-state index in [2.05, 4.69) is 5.32 Å². The number of halogens is 5. The number of fused-ring (bicyclic) bond motifs is 1. The maximum Gasteiger partial charge on any atom is 0.417 e. The number of pyridine rings is 1. The zero-order valence-electron chi connectivity index (χ0n) is 14.4. The molecule has 1 N–H and O–H groups in total. The predicted octanol–water partition coefficient (Wildman–Crippen LogP) is 3.69. The zero-order chi connectivity index (χ0) is 20.5. The third kappa shape index (κ3) is 4.46. The van der Waals surface area contributed by atoms with E-state index in [9.17, 15) is 27.2 Å². The summed E-state index contributed by atoms with van der Waals surface area (Å²) in [6.07, 6.45) is -3.15. The van der Waals surface area contributed by atoms with E-state index in [1.807, 2.05) is 0 Å². The van der Waals surface area contributed by atoms with Gasteiger partial charge in [0, 0.05) is 11.8 Å². The third-order valence-electron chi connectivity index (χ3n) is 4.26. The van der Waals surface area contributed by atoms with Gasteiger partial charge < -0.3 is 14.6 Å². The first kappa shape index (κ1) is 20.2. The fraction of sp³-hybridized carbons (Fsp3) is 0.333. The summed E-state index contributed by atoms with van der Waals surface area (Å²) in [4.78, 5) is 24.4. The Morgan fingerprint density at radius 3 is 2.79 bits per heavy atom. The topological polar surface area (TPSA) is 60.3 Å². The Hall–Kier alpha value is -2.55. The standard InChI is InChI=1S/C18H15ClF4N2O3/c19-13-6-10(18(21,22)23)8-25(17(13)27)9-16(26)24-14-2-1-5-28-15-4-3-11(20)7-12(14)15/h3-4,6-8,14H,1-2,5,9H2,(H,24,26). The molecule has 5 nitrogen and oxygen atoms in total. The van der Waals surface area contributed by atoms with Crippen LogP contribution in [-0.2, 0) is 17.5 Å². The number of alkyl halides is 3. The molecule has 10 heteroatoms. The van der Waals surface area contributed by atoms with Crippen LogP contribution in [0.5, 0.6) is 5.75 Å². The number of aromatic nitrogens is 1. The molecule has 1 aliphatic heterocycles. The number of benzene rings is 1. The number of nitrogens with one attached hydrogen (secondary N) is 1. The van der Waals surface area contributed by atoms with E-state index in [-0.39, 0.29) is 0 Å². The van der Waals surface area contributed by atoms with E-state index in [0.717, 1.165) is 0 Å². The molecule has 3 rings (SSSR count). The molecule has 0 aliphatic carbocycles. The van der Waals surface area contributed by atoms with Crippen LogP contribution in [0.15, 0.2) is 35.3 Å². The molecule has 1 atom stereocenters. The van der Waals surface area contributed by atoms with Gasteiger partial charge in [-0.25, -0.2) is 4.39 Å². The molecule has 0 spiro atoms. The van der Waals surface area contributed by atoms with Crippen molar-refractivity contribution < 1.29 is 27.1 Å². The molecule has 1 unspecified atom stereocenters. The highest BCUT2D eigenvalue weighted by Crippen LogP contribution is 2.32. The average Bonchev–Trinajstić information content (AvgIpc) is 2.80. The number of rotatable bonds is 3. The van der Waals surface area contributed by atoms with E-state index in [0.29, 0.717) is 47.6 Å². The average molecular weight is 419 g/mol. The van der Waals surface area contributed by atoms with Gasteiger partial charge in [0.1, 0.15) is 23.1 Å². The lowest BCUT2D eigenvalue weighted by molar-refractivity contribution is -0.138. The van der Waals surface area contributed by atoms with Crippen LogP contribution in [0, 0.1) is 5.82 Å². The predicted molar refractivity (Wildman–Crippen MR) is 92.7 cm³/mol. The number of hydrogen-bond donors (Lipinski definition) is 1. The van der Waals surface area contributed by atoms with Crippen molar-refractivity contribution in [1.82, 2.24) is 9.88 Å². The number of nitrogens with zero attached hydrogens (tertiary/aromatic N) is 1. The van der Waals surface area contributed by atoms with Crippen molar-refractivity contribution >= 4 is 17.5 Å². The van der Waals surface area contributed by atoms with Gasteiger partial charge in [-0.2, -0.15) is 13.2 Å². The Balaban J connectivity index is 1.83. The van der Waals surface area contributed by atoms with Crippen molar-refractivity contribution in [2.24, 2.45) is 0 Å². The van der Waals surface area contributed by atoms with Crippen molar-refractivity contribution in [3.8, 4) is 5.75 Å². The molecule has 28 heavy (non-hydrogen) atoms. The van der Waals surface area contributed by atoms with Gasteiger partial charge in [0.2, 0.25) is 5.91 Å². The molecule has 2 aromatic rings. The van der Waals surface area contributed by atoms with Gasteiger partial charge in [0.05, 0.1) is 18.2 Å². The minimum absolute atomic E-state index is 0.383. The Morgan fingerprint density at radius 2 is 2.07 bits per heavy atom. The maximum absolute atomic E-state index is 13.6. The number of carbonyl (C=O) groups excluding carboxylic acids is 1. The number of carbonyl (C=O) groups is 1. The first-order valence-corrected chi connectivity index (χ1v) is 8.72. The molecule has 0 saturated carbocycles. The van der Waals surface area contributed by atoms with Crippen LogP contribution in [0.3, 0.4) is 0 Å². The molecule has 0 fully saturated rings. The van der Waals surface area contributed by atoms with Gasteiger partial charge >= 0.3 is 6.18 Å². The lowest BCUT2D eigenvalue weighted by Crippen LogP contribution is -2.35. The van der Waals surface area contributed by atoms with Crippen LogP contribution < -0.4 is 15.6 Å². The Kier molecular flexibility index (Phi) is 5.64. The minimum Gasteiger partial charge on any atom is -0.493 e. The molecular weight excluding hydrogens is 404 g/mol. The quantitative estimate of drug-likeness (QED) is 0.773. The highest BCUT2D eigenvalue weighted by atomic mass is 35.5. The van der Waals surface area contributed by atoms with E-state index in [1.54, 1.807) is 0 Å². The molecular formula is C18H15ClF4N2O3. The molecule has 2 heterocycles. The molecule has 1 aromatic heterocycles. The lowest BCUT2D eigenvalue weighted by Gasteiger charge is -2.19. The third-order valence-corrected chi connectivity index (χ3v) is 4.53. The summed E-state index contributed by atoms with van der Waals surface area (Å²) in [7, 11) is 0. The van der Waals surface area contributed by atoms with Crippen molar-refractivity contribution in [2.45, 2.75) is 31.6 Å². The van der Waals surface area contributed by atoms with E-state index in [4.69, 9.17) is 16.3 Å². The maximum atomic E-state index is 13.6. The van der Waals surface area contributed by atoms with Gasteiger partial charge in [-0.1, -0.05) is 11.6 Å². The van der Waals surface area contributed by atoms with Gasteiger partial charge in [-0.3, -0.25) is 9.59 Å². The zero-order valence-corrected chi connectivity index (χ0v) is 15.1. The molecule has 0 radical (unpaired) electrons. The van der Waals surface area contributed by atoms with Gasteiger partial charge in [-0.05, 0) is 37.1 Å². The van der Waals surface area contributed by atoms with Crippen molar-refractivity contribution in [2.75, 3.05) is 6.61 Å². The van der Waals surface area contributed by atoms with Crippen LogP contribution in [0.4, 0.5) is 17.6 Å². The summed E-state index contributed by atoms with van der Waals surface area (Å²) >= 11 is 5.58. The first-order valence-electron chi connectivity index (χ1n) is 8.34. The smallest absolute Gasteiger partial charge is 0.417 e. The molecule has 0 bridgehead atoms. The normalized spacial score (nSPS) is 16.7. The number of amides is 1. The highest BCUT2D eigenvalue weighted by molar-refractivity contribution is 6.30. The second-order valence-corrected chi connectivity index (χ2v) is 6.71. The molecule has 1 aromatic carbocycles. The Labute approximate surface area is 161 Å². The van der Waals surface area contributed by atoms with Crippen LogP contribution in [0.2, 0.25) is 5.02 Å². The summed E-state index contributed by atoms with van der Waals surface area (Å²) in [6.45, 7) is -0.280. The van der Waals surface area contributed by atoms with E-state index in [1.165, 1.54) is 18.2 Å². The highest BCUT2D eigenvalue weighted by Gasteiger charge is 2.32. The van der Waals surface area contributed by atoms with Crippen molar-refractivity contribution in [3.05, 3.63) is 62.8 Å². The molecule has 150 valence electrons. The largest absolute Gasteiger partial charge is 0.493 e. The van der Waals surface area contributed by atoms with E-state index < -0.39 is 46.6 Å². The molecule has 0 saturated heterocycles. The summed E-state index contributed by atoms with van der Waals surface area (Å²) in [5, 5.41) is 1.99. The summed E-state index contributed by atoms with van der Waals surface area (Å²) in [6, 6.07) is 3.83. The summed E-state index contributed by atoms with van der Waals surface area (Å²) < 4.78 is 58.4. The van der Waals surface area contributed by atoms with Gasteiger partial charge in [0.15, 0.2) is 0 Å². The molecule has 1 aliphatic rings. The van der Waals surface area contributed by atoms with Crippen molar-refractivity contribution in [3.63, 3.8) is 0 Å². The van der Waals surface area contributed by atoms with Crippen LogP contribution >= 0.6 is 11.6 Å². The summed E-state index contributed by atoms with van der Waals surface area (Å²) in [5.41, 5.74) is -1.62. The Morgan fingerprint density at radius 1 is 1.32 bits per heavy atom. The van der Waals surface area contributed by atoms with Crippen LogP contribution in [-0.4, -0.2) is 17.1 Å². The minimum atomic E-state index is -4.72. The van der Waals surface area contributed by atoms with Gasteiger partial charge in [0.25, 0.3) is 5.56 Å². The lowest BCUT2D eigenvalue weighted by atomic mass is 10.0. The second-order valence-electron chi connectivity index (χ2n) is 6.30. The second kappa shape index (κ2) is 7.83. The van der Waals surface area contributed by atoms with Crippen molar-refractivity contribution in [1.29, 1.82) is 0 Å². The SMILES string of the molecule is O=C(Cn1cc(C(F)(F)F)cc(Cl)c1=O)NC1CCCOc2ccc(F)cc21. The van der Waals surface area contributed by atoms with Crippen LogP contribution in [0.1, 0.15) is 30.0 Å². The fourth-order valence-corrected chi connectivity index (χ4v) is 3.19. The van der Waals surface area contributed by atoms with Gasteiger partial charge in [-0.15, -0.1) is 0 Å². The Bertz CT molecular complexity index is 959. The first-order chi connectivity index (χ1) is 13.1. The number of hydrogen-bond acceptors (Lipinski definition) is 3.